The molecular weight excluding hydrogens is 307 g/mol. The zero-order valence-electron chi connectivity index (χ0n) is 12.3. The van der Waals surface area contributed by atoms with Crippen molar-refractivity contribution in [2.45, 2.75) is 25.6 Å². The summed E-state index contributed by atoms with van der Waals surface area (Å²) in [6.45, 7) is 1.41. The number of carbonyl (C=O) groups excluding carboxylic acids is 1. The zero-order valence-corrected chi connectivity index (χ0v) is 12.3. The van der Waals surface area contributed by atoms with Crippen LogP contribution in [0.3, 0.4) is 0 Å². The van der Waals surface area contributed by atoms with Gasteiger partial charge in [0.25, 0.3) is 0 Å². The topological polar surface area (TPSA) is 29.5 Å². The summed E-state index contributed by atoms with van der Waals surface area (Å²) in [5.41, 5.74) is 0.756. The number of alkyl halides is 3. The normalized spacial score (nSPS) is 18.2. The summed E-state index contributed by atoms with van der Waals surface area (Å²) in [6.07, 6.45) is -4.29. The zero-order chi connectivity index (χ0) is 16.6. The van der Waals surface area contributed by atoms with Crippen LogP contribution in [0.4, 0.5) is 18.9 Å². The maximum Gasteiger partial charge on any atom is 0.416 e. The SMILES string of the molecule is Cc1cc(C2CC(=O)ON2c2ccccc2)ccc1C(F)(F)F. The Balaban J connectivity index is 1.96. The van der Waals surface area contributed by atoms with Crippen LogP contribution in [0.5, 0.6) is 0 Å². The van der Waals surface area contributed by atoms with Gasteiger partial charge in [-0.15, -0.1) is 0 Å². The fourth-order valence-electron chi connectivity index (χ4n) is 2.72. The minimum absolute atomic E-state index is 0.0969. The van der Waals surface area contributed by atoms with Crippen LogP contribution < -0.4 is 5.06 Å². The Kier molecular flexibility index (Phi) is 3.75. The van der Waals surface area contributed by atoms with Gasteiger partial charge < -0.3 is 4.84 Å². The van der Waals surface area contributed by atoms with Crippen molar-refractivity contribution in [3.8, 4) is 0 Å². The Morgan fingerprint density at radius 1 is 1.13 bits per heavy atom. The Labute approximate surface area is 131 Å². The molecule has 0 spiro atoms. The Bertz CT molecular complexity index is 728. The highest BCUT2D eigenvalue weighted by atomic mass is 19.4. The summed E-state index contributed by atoms with van der Waals surface area (Å²) in [5.74, 6) is -0.406. The van der Waals surface area contributed by atoms with E-state index >= 15 is 0 Å². The van der Waals surface area contributed by atoms with Gasteiger partial charge in [-0.1, -0.05) is 30.3 Å². The molecule has 0 saturated carbocycles. The summed E-state index contributed by atoms with van der Waals surface area (Å²) in [6, 6.07) is 12.5. The molecule has 0 aliphatic carbocycles. The Hall–Kier alpha value is -2.50. The lowest BCUT2D eigenvalue weighted by Crippen LogP contribution is -2.21. The van der Waals surface area contributed by atoms with E-state index in [0.29, 0.717) is 11.3 Å². The fourth-order valence-corrected chi connectivity index (χ4v) is 2.72. The van der Waals surface area contributed by atoms with E-state index in [2.05, 4.69) is 0 Å². The van der Waals surface area contributed by atoms with Crippen LogP contribution in [0.1, 0.15) is 29.2 Å². The molecule has 1 aliphatic heterocycles. The van der Waals surface area contributed by atoms with E-state index in [0.717, 1.165) is 6.07 Å². The van der Waals surface area contributed by atoms with Gasteiger partial charge in [0.05, 0.1) is 17.7 Å². The molecule has 1 saturated heterocycles. The molecular formula is C17H14F3NO2. The predicted molar refractivity (Wildman–Crippen MR) is 78.6 cm³/mol. The Morgan fingerprint density at radius 3 is 2.43 bits per heavy atom. The van der Waals surface area contributed by atoms with E-state index in [1.165, 1.54) is 24.1 Å². The fraction of sp³-hybridized carbons (Fsp3) is 0.235. The number of nitrogens with zero attached hydrogens (tertiary/aromatic N) is 1. The van der Waals surface area contributed by atoms with Gasteiger partial charge in [0.1, 0.15) is 6.04 Å². The van der Waals surface area contributed by atoms with Crippen molar-refractivity contribution in [1.29, 1.82) is 0 Å². The van der Waals surface area contributed by atoms with Crippen LogP contribution >= 0.6 is 0 Å². The largest absolute Gasteiger partial charge is 0.416 e. The van der Waals surface area contributed by atoms with Gasteiger partial charge in [-0.2, -0.15) is 18.2 Å². The summed E-state index contributed by atoms with van der Waals surface area (Å²) in [7, 11) is 0. The third-order valence-electron chi connectivity index (χ3n) is 3.79. The molecule has 1 fully saturated rings. The van der Waals surface area contributed by atoms with E-state index in [9.17, 15) is 18.0 Å². The standard InChI is InChI=1S/C17H14F3NO2/c1-11-9-12(7-8-14(11)17(18,19)20)15-10-16(22)23-21(15)13-5-3-2-4-6-13/h2-9,15H,10H2,1H3. The number of rotatable bonds is 2. The average molecular weight is 321 g/mol. The quantitative estimate of drug-likeness (QED) is 0.820. The molecule has 6 heteroatoms. The van der Waals surface area contributed by atoms with Crippen molar-refractivity contribution in [3.63, 3.8) is 0 Å². The molecule has 2 aromatic rings. The lowest BCUT2D eigenvalue weighted by atomic mass is 9.98. The number of aryl methyl sites for hydroxylation is 1. The molecule has 23 heavy (non-hydrogen) atoms. The van der Waals surface area contributed by atoms with Gasteiger partial charge >= 0.3 is 12.1 Å². The van der Waals surface area contributed by atoms with Crippen LogP contribution in [0, 0.1) is 6.92 Å². The first-order chi connectivity index (χ1) is 10.9. The van der Waals surface area contributed by atoms with Crippen molar-refractivity contribution in [2.24, 2.45) is 0 Å². The molecule has 0 aromatic heterocycles. The molecule has 1 aliphatic rings. The average Bonchev–Trinajstić information content (AvgIpc) is 2.89. The first-order valence-electron chi connectivity index (χ1n) is 7.09. The van der Waals surface area contributed by atoms with E-state index < -0.39 is 23.8 Å². The third kappa shape index (κ3) is 3.02. The monoisotopic (exact) mass is 321 g/mol. The second-order valence-electron chi connectivity index (χ2n) is 5.42. The predicted octanol–water partition coefficient (Wildman–Crippen LogP) is 4.42. The van der Waals surface area contributed by atoms with Crippen LogP contribution in [0.15, 0.2) is 48.5 Å². The third-order valence-corrected chi connectivity index (χ3v) is 3.79. The number of hydrogen-bond acceptors (Lipinski definition) is 3. The summed E-state index contributed by atoms with van der Waals surface area (Å²) in [5, 5.41) is 1.45. The lowest BCUT2D eigenvalue weighted by Gasteiger charge is -2.24. The van der Waals surface area contributed by atoms with Crippen LogP contribution in [-0.2, 0) is 15.8 Å². The number of halogens is 3. The van der Waals surface area contributed by atoms with Gasteiger partial charge in [0, 0.05) is 0 Å². The molecule has 1 unspecified atom stereocenters. The minimum Gasteiger partial charge on any atom is -0.340 e. The van der Waals surface area contributed by atoms with Gasteiger partial charge in [0.15, 0.2) is 0 Å². The van der Waals surface area contributed by atoms with Gasteiger partial charge in [-0.05, 0) is 36.2 Å². The molecule has 0 N–H and O–H groups in total. The smallest absolute Gasteiger partial charge is 0.340 e. The van der Waals surface area contributed by atoms with E-state index in [-0.39, 0.29) is 12.0 Å². The van der Waals surface area contributed by atoms with Crippen molar-refractivity contribution in [1.82, 2.24) is 0 Å². The summed E-state index contributed by atoms with van der Waals surface area (Å²) in [4.78, 5) is 16.9. The molecule has 1 heterocycles. The molecule has 120 valence electrons. The summed E-state index contributed by atoms with van der Waals surface area (Å²) < 4.78 is 38.6. The number of benzene rings is 2. The number of hydroxylamine groups is 1. The molecule has 0 bridgehead atoms. The highest BCUT2D eigenvalue weighted by Gasteiger charge is 2.36. The van der Waals surface area contributed by atoms with Crippen molar-refractivity contribution in [3.05, 3.63) is 65.2 Å². The second-order valence-corrected chi connectivity index (χ2v) is 5.42. The Morgan fingerprint density at radius 2 is 1.83 bits per heavy atom. The summed E-state index contributed by atoms with van der Waals surface area (Å²) >= 11 is 0. The lowest BCUT2D eigenvalue weighted by molar-refractivity contribution is -0.139. The number of para-hydroxylation sites is 1. The molecule has 0 amide bonds. The van der Waals surface area contributed by atoms with E-state index in [1.807, 2.05) is 6.07 Å². The second kappa shape index (κ2) is 5.61. The van der Waals surface area contributed by atoms with E-state index in [1.54, 1.807) is 24.3 Å². The van der Waals surface area contributed by atoms with Gasteiger partial charge in [-0.3, -0.25) is 0 Å². The van der Waals surface area contributed by atoms with Gasteiger partial charge in [-0.25, -0.2) is 4.79 Å². The maximum atomic E-state index is 12.9. The van der Waals surface area contributed by atoms with Crippen molar-refractivity contribution in [2.75, 3.05) is 5.06 Å². The number of carbonyl (C=O) groups is 1. The van der Waals surface area contributed by atoms with Crippen LogP contribution in [0.2, 0.25) is 0 Å². The molecule has 2 aromatic carbocycles. The number of anilines is 1. The highest BCUT2D eigenvalue weighted by molar-refractivity contribution is 5.76. The van der Waals surface area contributed by atoms with Crippen LogP contribution in [0.25, 0.3) is 0 Å². The van der Waals surface area contributed by atoms with Gasteiger partial charge in [0.2, 0.25) is 0 Å². The van der Waals surface area contributed by atoms with Crippen molar-refractivity contribution >= 4 is 11.7 Å². The molecule has 1 atom stereocenters. The van der Waals surface area contributed by atoms with E-state index in [4.69, 9.17) is 4.84 Å². The molecule has 3 nitrogen and oxygen atoms in total. The minimum atomic E-state index is -4.39. The first-order valence-corrected chi connectivity index (χ1v) is 7.09. The molecule has 3 rings (SSSR count). The number of hydrogen-bond donors (Lipinski definition) is 0. The van der Waals surface area contributed by atoms with Crippen LogP contribution in [-0.4, -0.2) is 5.97 Å². The highest BCUT2D eigenvalue weighted by Crippen LogP contribution is 2.38. The van der Waals surface area contributed by atoms with Crippen molar-refractivity contribution < 1.29 is 22.8 Å². The molecule has 0 radical (unpaired) electrons. The maximum absolute atomic E-state index is 12.9. The first kappa shape index (κ1) is 15.4.